The van der Waals surface area contributed by atoms with E-state index in [1.165, 1.54) is 0 Å². The molecule has 5 heteroatoms. The molecule has 0 fully saturated rings. The van der Waals surface area contributed by atoms with E-state index in [9.17, 15) is 13.5 Å². The Morgan fingerprint density at radius 3 is 2.47 bits per heavy atom. The molecule has 1 N–H and O–H groups in total. The molecule has 0 aliphatic rings. The highest BCUT2D eigenvalue weighted by Crippen LogP contribution is 2.18. The van der Waals surface area contributed by atoms with Gasteiger partial charge in [0.2, 0.25) is 0 Å². The zero-order valence-corrected chi connectivity index (χ0v) is 11.9. The molecular formula is C12H15BrO3S. The Bertz CT molecular complexity index is 477. The molecule has 1 rings (SSSR count). The molecule has 1 aromatic carbocycles. The second kappa shape index (κ2) is 6.33. The molecule has 0 amide bonds. The van der Waals surface area contributed by atoms with E-state index < -0.39 is 15.9 Å². The number of hydrogen-bond donors (Lipinski definition) is 1. The number of hydrogen-bond acceptors (Lipinski definition) is 3. The molecule has 17 heavy (non-hydrogen) atoms. The van der Waals surface area contributed by atoms with Gasteiger partial charge in [0.15, 0.2) is 9.84 Å². The van der Waals surface area contributed by atoms with Crippen LogP contribution in [0.3, 0.4) is 0 Å². The Morgan fingerprint density at radius 1 is 1.35 bits per heavy atom. The van der Waals surface area contributed by atoms with Gasteiger partial charge >= 0.3 is 0 Å². The molecule has 0 aliphatic heterocycles. The summed E-state index contributed by atoms with van der Waals surface area (Å²) in [5.74, 6) is -0.282. The lowest BCUT2D eigenvalue weighted by Gasteiger charge is -2.10. The SMILES string of the molecule is CC=CCS(=O)(=O)CC(O)c1ccc(Br)cc1. The smallest absolute Gasteiger partial charge is 0.156 e. The molecule has 0 saturated carbocycles. The van der Waals surface area contributed by atoms with Crippen LogP contribution >= 0.6 is 15.9 Å². The average molecular weight is 319 g/mol. The summed E-state index contributed by atoms with van der Waals surface area (Å²) in [6.07, 6.45) is 2.28. The fourth-order valence-electron chi connectivity index (χ4n) is 1.33. The Kier molecular flexibility index (Phi) is 5.36. The predicted molar refractivity (Wildman–Crippen MR) is 72.6 cm³/mol. The summed E-state index contributed by atoms with van der Waals surface area (Å²) in [5.41, 5.74) is 0.609. The van der Waals surface area contributed by atoms with Crippen molar-refractivity contribution in [2.45, 2.75) is 13.0 Å². The molecule has 0 aliphatic carbocycles. The Hall–Kier alpha value is -0.650. The van der Waals surface area contributed by atoms with Crippen LogP contribution in [0.4, 0.5) is 0 Å². The zero-order chi connectivity index (χ0) is 12.9. The summed E-state index contributed by atoms with van der Waals surface area (Å²) in [4.78, 5) is 0. The summed E-state index contributed by atoms with van der Waals surface area (Å²) in [6.45, 7) is 1.76. The third-order valence-electron chi connectivity index (χ3n) is 2.25. The van der Waals surface area contributed by atoms with Crippen LogP contribution in [0.5, 0.6) is 0 Å². The first-order valence-electron chi connectivity index (χ1n) is 5.20. The van der Waals surface area contributed by atoms with Gasteiger partial charge in [0.05, 0.1) is 17.6 Å². The van der Waals surface area contributed by atoms with Crippen molar-refractivity contribution in [3.05, 3.63) is 46.5 Å². The molecule has 3 nitrogen and oxygen atoms in total. The lowest BCUT2D eigenvalue weighted by molar-refractivity contribution is 0.201. The highest BCUT2D eigenvalue weighted by atomic mass is 79.9. The van der Waals surface area contributed by atoms with Crippen molar-refractivity contribution < 1.29 is 13.5 Å². The molecule has 94 valence electrons. The fourth-order valence-corrected chi connectivity index (χ4v) is 2.89. The van der Waals surface area contributed by atoms with Crippen molar-refractivity contribution in [1.29, 1.82) is 0 Å². The van der Waals surface area contributed by atoms with Crippen LogP contribution in [0, 0.1) is 0 Å². The summed E-state index contributed by atoms with van der Waals surface area (Å²) in [6, 6.07) is 6.97. The largest absolute Gasteiger partial charge is 0.387 e. The van der Waals surface area contributed by atoms with Gasteiger partial charge in [-0.25, -0.2) is 8.42 Å². The second-order valence-electron chi connectivity index (χ2n) is 3.71. The fraction of sp³-hybridized carbons (Fsp3) is 0.333. The number of aliphatic hydroxyl groups excluding tert-OH is 1. The average Bonchev–Trinajstić information content (AvgIpc) is 2.26. The van der Waals surface area contributed by atoms with Gasteiger partial charge in [-0.1, -0.05) is 40.2 Å². The Balaban J connectivity index is 2.72. The van der Waals surface area contributed by atoms with Crippen molar-refractivity contribution >= 4 is 25.8 Å². The molecule has 0 spiro atoms. The summed E-state index contributed by atoms with van der Waals surface area (Å²) in [5, 5.41) is 9.83. The van der Waals surface area contributed by atoms with Crippen molar-refractivity contribution in [3.63, 3.8) is 0 Å². The van der Waals surface area contributed by atoms with Crippen LogP contribution in [0.2, 0.25) is 0 Å². The van der Waals surface area contributed by atoms with Crippen molar-refractivity contribution in [3.8, 4) is 0 Å². The maximum atomic E-state index is 11.6. The summed E-state index contributed by atoms with van der Waals surface area (Å²) in [7, 11) is -3.25. The third-order valence-corrected chi connectivity index (χ3v) is 4.31. The molecule has 1 atom stereocenters. The van der Waals surface area contributed by atoms with Gasteiger partial charge in [-0.3, -0.25) is 0 Å². The van der Waals surface area contributed by atoms with Gasteiger partial charge in [0.25, 0.3) is 0 Å². The van der Waals surface area contributed by atoms with Gasteiger partial charge in [-0.2, -0.15) is 0 Å². The van der Waals surface area contributed by atoms with Gasteiger partial charge in [0.1, 0.15) is 0 Å². The minimum atomic E-state index is -3.25. The van der Waals surface area contributed by atoms with E-state index in [1.54, 1.807) is 43.3 Å². The molecule has 1 unspecified atom stereocenters. The Morgan fingerprint density at radius 2 is 1.94 bits per heavy atom. The van der Waals surface area contributed by atoms with E-state index >= 15 is 0 Å². The number of aliphatic hydroxyl groups is 1. The quantitative estimate of drug-likeness (QED) is 0.848. The maximum absolute atomic E-state index is 11.6. The molecule has 0 radical (unpaired) electrons. The van der Waals surface area contributed by atoms with Crippen LogP contribution in [-0.2, 0) is 9.84 Å². The highest BCUT2D eigenvalue weighted by molar-refractivity contribution is 9.10. The first-order valence-corrected chi connectivity index (χ1v) is 7.81. The predicted octanol–water partition coefficient (Wildman–Crippen LogP) is 2.47. The standard InChI is InChI=1S/C12H15BrO3S/c1-2-3-8-17(15,16)9-12(14)10-4-6-11(13)7-5-10/h2-7,12,14H,8-9H2,1H3. The molecule has 1 aromatic rings. The maximum Gasteiger partial charge on any atom is 0.156 e. The van der Waals surface area contributed by atoms with E-state index in [2.05, 4.69) is 15.9 Å². The minimum Gasteiger partial charge on any atom is -0.387 e. The lowest BCUT2D eigenvalue weighted by Crippen LogP contribution is -2.16. The van der Waals surface area contributed by atoms with Gasteiger partial charge in [-0.05, 0) is 24.6 Å². The number of rotatable bonds is 5. The molecule has 0 bridgehead atoms. The van der Waals surface area contributed by atoms with Crippen molar-refractivity contribution in [1.82, 2.24) is 0 Å². The van der Waals surface area contributed by atoms with E-state index in [0.29, 0.717) is 5.56 Å². The number of benzene rings is 1. The van der Waals surface area contributed by atoms with Gasteiger partial charge in [0, 0.05) is 4.47 Å². The normalized spacial score (nSPS) is 14.1. The van der Waals surface area contributed by atoms with Crippen LogP contribution in [0.15, 0.2) is 40.9 Å². The van der Waals surface area contributed by atoms with E-state index in [0.717, 1.165) is 4.47 Å². The van der Waals surface area contributed by atoms with Crippen LogP contribution in [0.1, 0.15) is 18.6 Å². The third kappa shape index (κ3) is 5.02. The minimum absolute atomic E-state index is 0.0307. The lowest BCUT2D eigenvalue weighted by atomic mass is 10.1. The first-order chi connectivity index (χ1) is 7.94. The van der Waals surface area contributed by atoms with E-state index in [1.807, 2.05) is 0 Å². The topological polar surface area (TPSA) is 54.4 Å². The number of sulfone groups is 1. The van der Waals surface area contributed by atoms with Crippen molar-refractivity contribution in [2.75, 3.05) is 11.5 Å². The summed E-state index contributed by atoms with van der Waals surface area (Å²) < 4.78 is 24.1. The summed E-state index contributed by atoms with van der Waals surface area (Å²) >= 11 is 3.28. The highest BCUT2D eigenvalue weighted by Gasteiger charge is 2.17. The molecule has 0 saturated heterocycles. The van der Waals surface area contributed by atoms with Crippen LogP contribution in [-0.4, -0.2) is 25.0 Å². The monoisotopic (exact) mass is 318 g/mol. The van der Waals surface area contributed by atoms with E-state index in [4.69, 9.17) is 0 Å². The molecular weight excluding hydrogens is 304 g/mol. The number of allylic oxidation sites excluding steroid dienone is 1. The van der Waals surface area contributed by atoms with Crippen LogP contribution < -0.4 is 0 Å². The Labute approximate surface area is 110 Å². The van der Waals surface area contributed by atoms with Crippen LogP contribution in [0.25, 0.3) is 0 Å². The molecule has 0 heterocycles. The zero-order valence-electron chi connectivity index (χ0n) is 9.51. The van der Waals surface area contributed by atoms with Gasteiger partial charge < -0.3 is 5.11 Å². The van der Waals surface area contributed by atoms with E-state index in [-0.39, 0.29) is 11.5 Å². The second-order valence-corrected chi connectivity index (χ2v) is 6.78. The number of halogens is 1. The van der Waals surface area contributed by atoms with Crippen molar-refractivity contribution in [2.24, 2.45) is 0 Å². The molecule has 0 aromatic heterocycles. The van der Waals surface area contributed by atoms with Gasteiger partial charge in [-0.15, -0.1) is 0 Å². The first kappa shape index (κ1) is 14.4.